The maximum atomic E-state index is 12.6. The first-order valence-electron chi connectivity index (χ1n) is 6.63. The SMILES string of the molecule is COc1cncc(C(=O)N2CCCNC(=O)[C@@H]2C)c1C. The second-order valence-electron chi connectivity index (χ2n) is 4.83. The summed E-state index contributed by atoms with van der Waals surface area (Å²) >= 11 is 0. The molecule has 2 rings (SSSR count). The van der Waals surface area contributed by atoms with Gasteiger partial charge in [0.05, 0.1) is 18.9 Å². The zero-order chi connectivity index (χ0) is 14.7. The maximum Gasteiger partial charge on any atom is 0.256 e. The predicted octanol–water partition coefficient (Wildman–Crippen LogP) is 0.749. The van der Waals surface area contributed by atoms with E-state index in [4.69, 9.17) is 4.74 Å². The quantitative estimate of drug-likeness (QED) is 0.866. The molecule has 1 aromatic rings. The molecule has 1 aliphatic rings. The number of pyridine rings is 1. The maximum absolute atomic E-state index is 12.6. The topological polar surface area (TPSA) is 71.5 Å². The molecule has 108 valence electrons. The minimum Gasteiger partial charge on any atom is -0.495 e. The molecule has 1 aliphatic heterocycles. The third kappa shape index (κ3) is 2.59. The van der Waals surface area contributed by atoms with Crippen LogP contribution < -0.4 is 10.1 Å². The van der Waals surface area contributed by atoms with Crippen molar-refractivity contribution in [2.24, 2.45) is 0 Å². The van der Waals surface area contributed by atoms with Gasteiger partial charge in [-0.25, -0.2) is 0 Å². The molecule has 0 unspecified atom stereocenters. The first-order valence-corrected chi connectivity index (χ1v) is 6.63. The van der Waals surface area contributed by atoms with E-state index >= 15 is 0 Å². The number of carbonyl (C=O) groups excluding carboxylic acids is 2. The number of amides is 2. The highest BCUT2D eigenvalue weighted by Gasteiger charge is 2.29. The van der Waals surface area contributed by atoms with Crippen LogP contribution in [0.5, 0.6) is 5.75 Å². The Balaban J connectivity index is 2.32. The number of hydrogen-bond acceptors (Lipinski definition) is 4. The van der Waals surface area contributed by atoms with Crippen molar-refractivity contribution in [1.29, 1.82) is 0 Å². The van der Waals surface area contributed by atoms with Gasteiger partial charge in [-0.15, -0.1) is 0 Å². The van der Waals surface area contributed by atoms with Gasteiger partial charge in [0.25, 0.3) is 5.91 Å². The van der Waals surface area contributed by atoms with Crippen LogP contribution in [0.1, 0.15) is 29.3 Å². The summed E-state index contributed by atoms with van der Waals surface area (Å²) in [5, 5.41) is 2.79. The zero-order valence-corrected chi connectivity index (χ0v) is 12.0. The summed E-state index contributed by atoms with van der Waals surface area (Å²) in [4.78, 5) is 30.1. The van der Waals surface area contributed by atoms with E-state index in [0.29, 0.717) is 24.4 Å². The largest absolute Gasteiger partial charge is 0.495 e. The van der Waals surface area contributed by atoms with E-state index in [1.165, 1.54) is 6.20 Å². The van der Waals surface area contributed by atoms with Crippen LogP contribution in [-0.4, -0.2) is 47.9 Å². The van der Waals surface area contributed by atoms with Crippen molar-refractivity contribution in [2.45, 2.75) is 26.3 Å². The van der Waals surface area contributed by atoms with Crippen molar-refractivity contribution >= 4 is 11.8 Å². The molecule has 1 aromatic heterocycles. The number of rotatable bonds is 2. The lowest BCUT2D eigenvalue weighted by Crippen LogP contribution is -2.45. The van der Waals surface area contributed by atoms with Crippen LogP contribution in [0, 0.1) is 6.92 Å². The molecule has 2 amide bonds. The van der Waals surface area contributed by atoms with E-state index in [0.717, 1.165) is 12.0 Å². The molecule has 2 heterocycles. The Kier molecular flexibility index (Phi) is 4.22. The molecule has 6 nitrogen and oxygen atoms in total. The van der Waals surface area contributed by atoms with Gasteiger partial charge in [-0.3, -0.25) is 14.6 Å². The molecule has 1 N–H and O–H groups in total. The summed E-state index contributed by atoms with van der Waals surface area (Å²) < 4.78 is 5.18. The summed E-state index contributed by atoms with van der Waals surface area (Å²) in [7, 11) is 1.54. The van der Waals surface area contributed by atoms with Gasteiger partial charge in [-0.05, 0) is 20.3 Å². The first kappa shape index (κ1) is 14.3. The summed E-state index contributed by atoms with van der Waals surface area (Å²) in [6.45, 7) is 4.70. The Morgan fingerprint density at radius 2 is 2.25 bits per heavy atom. The summed E-state index contributed by atoms with van der Waals surface area (Å²) in [6, 6.07) is -0.476. The Hall–Kier alpha value is -2.11. The lowest BCUT2D eigenvalue weighted by molar-refractivity contribution is -0.124. The number of ether oxygens (including phenoxy) is 1. The fourth-order valence-corrected chi connectivity index (χ4v) is 2.30. The lowest BCUT2D eigenvalue weighted by Gasteiger charge is -2.26. The van der Waals surface area contributed by atoms with Gasteiger partial charge in [0, 0.05) is 24.8 Å². The number of nitrogens with zero attached hydrogens (tertiary/aromatic N) is 2. The van der Waals surface area contributed by atoms with Gasteiger partial charge in [0.1, 0.15) is 11.8 Å². The molecule has 0 radical (unpaired) electrons. The van der Waals surface area contributed by atoms with E-state index in [1.807, 2.05) is 6.92 Å². The van der Waals surface area contributed by atoms with Gasteiger partial charge in [-0.2, -0.15) is 0 Å². The number of carbonyl (C=O) groups is 2. The minimum absolute atomic E-state index is 0.121. The highest BCUT2D eigenvalue weighted by atomic mass is 16.5. The van der Waals surface area contributed by atoms with Gasteiger partial charge in [-0.1, -0.05) is 0 Å². The molecule has 0 bridgehead atoms. The third-order valence-corrected chi connectivity index (χ3v) is 3.60. The molecular formula is C14H19N3O3. The van der Waals surface area contributed by atoms with Crippen molar-refractivity contribution in [3.63, 3.8) is 0 Å². The Bertz CT molecular complexity index is 530. The van der Waals surface area contributed by atoms with E-state index < -0.39 is 6.04 Å². The van der Waals surface area contributed by atoms with Crippen molar-refractivity contribution in [3.8, 4) is 5.75 Å². The van der Waals surface area contributed by atoms with Gasteiger partial charge < -0.3 is 15.0 Å². The van der Waals surface area contributed by atoms with Crippen LogP contribution in [0.4, 0.5) is 0 Å². The average Bonchev–Trinajstić information content (AvgIpc) is 2.61. The molecule has 20 heavy (non-hydrogen) atoms. The second kappa shape index (κ2) is 5.90. The van der Waals surface area contributed by atoms with E-state index in [-0.39, 0.29) is 11.8 Å². The van der Waals surface area contributed by atoms with Crippen LogP contribution in [0.2, 0.25) is 0 Å². The molecule has 1 saturated heterocycles. The smallest absolute Gasteiger partial charge is 0.256 e. The molecule has 0 spiro atoms. The average molecular weight is 277 g/mol. The van der Waals surface area contributed by atoms with Crippen molar-refractivity contribution in [3.05, 3.63) is 23.5 Å². The third-order valence-electron chi connectivity index (χ3n) is 3.60. The van der Waals surface area contributed by atoms with Gasteiger partial charge in [0.15, 0.2) is 0 Å². The van der Waals surface area contributed by atoms with Crippen LogP contribution in [0.3, 0.4) is 0 Å². The standard InChI is InChI=1S/C14H19N3O3/c1-9-11(7-15-8-12(9)20-3)14(19)17-6-4-5-16-13(18)10(17)2/h7-8,10H,4-6H2,1-3H3,(H,16,18)/t10-/m0/s1. The molecular weight excluding hydrogens is 258 g/mol. The van der Waals surface area contributed by atoms with E-state index in [1.54, 1.807) is 25.1 Å². The van der Waals surface area contributed by atoms with Crippen LogP contribution in [-0.2, 0) is 4.79 Å². The Morgan fingerprint density at radius 1 is 1.50 bits per heavy atom. The predicted molar refractivity (Wildman–Crippen MR) is 73.7 cm³/mol. The van der Waals surface area contributed by atoms with Crippen molar-refractivity contribution < 1.29 is 14.3 Å². The second-order valence-corrected chi connectivity index (χ2v) is 4.83. The van der Waals surface area contributed by atoms with Crippen molar-refractivity contribution in [2.75, 3.05) is 20.2 Å². The number of aromatic nitrogens is 1. The number of methoxy groups -OCH3 is 1. The van der Waals surface area contributed by atoms with Gasteiger partial charge >= 0.3 is 0 Å². The molecule has 0 aliphatic carbocycles. The fourth-order valence-electron chi connectivity index (χ4n) is 2.30. The van der Waals surface area contributed by atoms with Crippen LogP contribution >= 0.6 is 0 Å². The summed E-state index contributed by atoms with van der Waals surface area (Å²) in [5.74, 6) is 0.269. The monoisotopic (exact) mass is 277 g/mol. The van der Waals surface area contributed by atoms with E-state index in [9.17, 15) is 9.59 Å². The van der Waals surface area contributed by atoms with Crippen molar-refractivity contribution in [1.82, 2.24) is 15.2 Å². The van der Waals surface area contributed by atoms with E-state index in [2.05, 4.69) is 10.3 Å². The van der Waals surface area contributed by atoms with Crippen LogP contribution in [0.25, 0.3) is 0 Å². The highest BCUT2D eigenvalue weighted by Crippen LogP contribution is 2.21. The molecule has 1 atom stereocenters. The van der Waals surface area contributed by atoms with Crippen LogP contribution in [0.15, 0.2) is 12.4 Å². The Morgan fingerprint density at radius 3 is 2.95 bits per heavy atom. The minimum atomic E-state index is -0.476. The molecule has 6 heteroatoms. The number of nitrogens with one attached hydrogen (secondary N) is 1. The first-order chi connectivity index (χ1) is 9.56. The fraction of sp³-hybridized carbons (Fsp3) is 0.500. The summed E-state index contributed by atoms with van der Waals surface area (Å²) in [5.41, 5.74) is 1.22. The molecule has 1 fully saturated rings. The van der Waals surface area contributed by atoms with Gasteiger partial charge in [0.2, 0.25) is 5.91 Å². The highest BCUT2D eigenvalue weighted by molar-refractivity contribution is 5.99. The lowest BCUT2D eigenvalue weighted by atomic mass is 10.1. The summed E-state index contributed by atoms with van der Waals surface area (Å²) in [6.07, 6.45) is 3.85. The number of hydrogen-bond donors (Lipinski definition) is 1. The Labute approximate surface area is 118 Å². The molecule has 0 aromatic carbocycles. The molecule has 0 saturated carbocycles. The normalized spacial score (nSPS) is 19.2. The zero-order valence-electron chi connectivity index (χ0n) is 12.0.